The Bertz CT molecular complexity index is 1310. The molecule has 0 saturated carbocycles. The molecule has 0 atom stereocenters. The van der Waals surface area contributed by atoms with E-state index in [1.807, 2.05) is 0 Å². The molecule has 0 saturated heterocycles. The van der Waals surface area contributed by atoms with E-state index < -0.39 is 0 Å². The quantitative estimate of drug-likeness (QED) is 0.319. The summed E-state index contributed by atoms with van der Waals surface area (Å²) in [5.74, 6) is 0. The van der Waals surface area contributed by atoms with Gasteiger partial charge in [0, 0.05) is 29.3 Å². The van der Waals surface area contributed by atoms with E-state index in [4.69, 9.17) is 0 Å². The van der Waals surface area contributed by atoms with Gasteiger partial charge in [0.15, 0.2) is 0 Å². The third-order valence-electron chi connectivity index (χ3n) is 5.87. The van der Waals surface area contributed by atoms with Gasteiger partial charge in [0.1, 0.15) is 0 Å². The lowest BCUT2D eigenvalue weighted by atomic mass is 9.99. The van der Waals surface area contributed by atoms with Crippen molar-refractivity contribution < 1.29 is 0 Å². The van der Waals surface area contributed by atoms with Crippen LogP contribution in [0.2, 0.25) is 0 Å². The van der Waals surface area contributed by atoms with Crippen LogP contribution >= 0.6 is 0 Å². The molecule has 28 heavy (non-hydrogen) atoms. The molecule has 0 aliphatic heterocycles. The fourth-order valence-corrected chi connectivity index (χ4v) is 4.59. The van der Waals surface area contributed by atoms with Crippen LogP contribution in [0.3, 0.4) is 0 Å². The van der Waals surface area contributed by atoms with E-state index in [-0.39, 0.29) is 0 Å². The van der Waals surface area contributed by atoms with Gasteiger partial charge in [-0.05, 0) is 39.9 Å². The molecule has 0 spiro atoms. The molecular formula is C27H19N. The molecule has 1 heteroatoms. The van der Waals surface area contributed by atoms with Gasteiger partial charge in [-0.3, -0.25) is 0 Å². The molecule has 4 aromatic carbocycles. The maximum absolute atomic E-state index is 2.38. The van der Waals surface area contributed by atoms with Crippen LogP contribution in [0, 0.1) is 0 Å². The lowest BCUT2D eigenvalue weighted by molar-refractivity contribution is 1.11. The van der Waals surface area contributed by atoms with Crippen molar-refractivity contribution in [2.75, 3.05) is 0 Å². The summed E-state index contributed by atoms with van der Waals surface area (Å²) >= 11 is 0. The van der Waals surface area contributed by atoms with Crippen LogP contribution in [0.5, 0.6) is 0 Å². The molecule has 0 N–H and O–H groups in total. The maximum Gasteiger partial charge on any atom is 0.0576 e. The minimum Gasteiger partial charge on any atom is -0.316 e. The molecule has 6 rings (SSSR count). The first-order valence-electron chi connectivity index (χ1n) is 9.76. The van der Waals surface area contributed by atoms with Gasteiger partial charge in [-0.25, -0.2) is 0 Å². The molecule has 5 aromatic rings. The largest absolute Gasteiger partial charge is 0.316 e. The van der Waals surface area contributed by atoms with Crippen LogP contribution in [0.15, 0.2) is 103 Å². The minimum absolute atomic E-state index is 0.994. The summed E-state index contributed by atoms with van der Waals surface area (Å²) in [6.07, 6.45) is 3.30. The number of benzene rings is 4. The van der Waals surface area contributed by atoms with Crippen molar-refractivity contribution in [2.45, 2.75) is 6.42 Å². The highest BCUT2D eigenvalue weighted by atomic mass is 15.0. The Morgan fingerprint density at radius 3 is 2.11 bits per heavy atom. The molecule has 1 aliphatic carbocycles. The number of hydrogen-bond donors (Lipinski definition) is 0. The van der Waals surface area contributed by atoms with Crippen molar-refractivity contribution in [2.24, 2.45) is 0 Å². The van der Waals surface area contributed by atoms with Gasteiger partial charge in [-0.1, -0.05) is 84.9 Å². The molecule has 0 bridgehead atoms. The summed E-state index contributed by atoms with van der Waals surface area (Å²) in [6, 6.07) is 34.8. The SMILES string of the molecule is c1ccc(-c2cn(-c3ccccc3)c3c4c(ccc23)-c2ccccc2C4)cc1. The lowest BCUT2D eigenvalue weighted by Crippen LogP contribution is -1.94. The van der Waals surface area contributed by atoms with Crippen molar-refractivity contribution in [1.29, 1.82) is 0 Å². The summed E-state index contributed by atoms with van der Waals surface area (Å²) in [4.78, 5) is 0. The Balaban J connectivity index is 1.70. The summed E-state index contributed by atoms with van der Waals surface area (Å²) < 4.78 is 2.38. The van der Waals surface area contributed by atoms with Gasteiger partial charge in [0.25, 0.3) is 0 Å². The normalized spacial score (nSPS) is 12.1. The summed E-state index contributed by atoms with van der Waals surface area (Å²) in [7, 11) is 0. The van der Waals surface area contributed by atoms with E-state index in [2.05, 4.69) is 108 Å². The Kier molecular flexibility index (Phi) is 3.30. The first-order valence-corrected chi connectivity index (χ1v) is 9.76. The molecule has 1 aromatic heterocycles. The monoisotopic (exact) mass is 357 g/mol. The molecule has 0 radical (unpaired) electrons. The van der Waals surface area contributed by atoms with Crippen molar-refractivity contribution in [3.8, 4) is 27.9 Å². The highest BCUT2D eigenvalue weighted by Crippen LogP contribution is 2.43. The Hall–Kier alpha value is -3.58. The van der Waals surface area contributed by atoms with E-state index in [1.54, 1.807) is 0 Å². The van der Waals surface area contributed by atoms with Gasteiger partial charge in [0.05, 0.1) is 5.52 Å². The predicted molar refractivity (Wildman–Crippen MR) is 117 cm³/mol. The number of para-hydroxylation sites is 1. The van der Waals surface area contributed by atoms with Gasteiger partial charge in [0.2, 0.25) is 0 Å². The third-order valence-corrected chi connectivity index (χ3v) is 5.87. The highest BCUT2D eigenvalue weighted by molar-refractivity contribution is 6.03. The summed E-state index contributed by atoms with van der Waals surface area (Å²) in [5.41, 5.74) is 10.7. The molecular weight excluding hydrogens is 338 g/mol. The Labute approximate surface area is 164 Å². The van der Waals surface area contributed by atoms with Crippen LogP contribution in [0.4, 0.5) is 0 Å². The van der Waals surface area contributed by atoms with Gasteiger partial charge in [-0.2, -0.15) is 0 Å². The molecule has 0 unspecified atom stereocenters. The average molecular weight is 357 g/mol. The van der Waals surface area contributed by atoms with E-state index in [0.29, 0.717) is 0 Å². The summed E-state index contributed by atoms with van der Waals surface area (Å²) in [6.45, 7) is 0. The topological polar surface area (TPSA) is 4.93 Å². The molecule has 1 heterocycles. The standard InChI is InChI=1S/C27H19N/c1-3-9-19(10-4-1)26-18-28(21-12-5-2-6-13-21)27-24(26)16-15-23-22-14-8-7-11-20(22)17-25(23)27/h1-16,18H,17H2. The fraction of sp³-hybridized carbons (Fsp3) is 0.0370. The van der Waals surface area contributed by atoms with Crippen molar-refractivity contribution in [1.82, 2.24) is 4.57 Å². The third kappa shape index (κ3) is 2.20. The van der Waals surface area contributed by atoms with Crippen molar-refractivity contribution in [3.63, 3.8) is 0 Å². The van der Waals surface area contributed by atoms with E-state index in [1.165, 1.54) is 50.0 Å². The Morgan fingerprint density at radius 2 is 1.29 bits per heavy atom. The zero-order valence-electron chi connectivity index (χ0n) is 15.5. The highest BCUT2D eigenvalue weighted by Gasteiger charge is 2.24. The van der Waals surface area contributed by atoms with Crippen LogP contribution < -0.4 is 0 Å². The van der Waals surface area contributed by atoms with Crippen LogP contribution in [0.25, 0.3) is 38.8 Å². The van der Waals surface area contributed by atoms with Gasteiger partial charge >= 0.3 is 0 Å². The molecule has 1 nitrogen and oxygen atoms in total. The number of hydrogen-bond acceptors (Lipinski definition) is 0. The zero-order valence-corrected chi connectivity index (χ0v) is 15.5. The van der Waals surface area contributed by atoms with Crippen molar-refractivity contribution in [3.05, 3.63) is 114 Å². The predicted octanol–water partition coefficient (Wildman–Crippen LogP) is 6.87. The second-order valence-corrected chi connectivity index (χ2v) is 7.44. The van der Waals surface area contributed by atoms with E-state index >= 15 is 0 Å². The second kappa shape index (κ2) is 5.97. The van der Waals surface area contributed by atoms with Crippen LogP contribution in [0.1, 0.15) is 11.1 Å². The molecule has 132 valence electrons. The first-order chi connectivity index (χ1) is 13.9. The molecule has 0 amide bonds. The number of fused-ring (bicyclic) bond motifs is 5. The van der Waals surface area contributed by atoms with Crippen LogP contribution in [-0.2, 0) is 6.42 Å². The van der Waals surface area contributed by atoms with Crippen molar-refractivity contribution >= 4 is 10.9 Å². The second-order valence-electron chi connectivity index (χ2n) is 7.44. The maximum atomic E-state index is 2.38. The van der Waals surface area contributed by atoms with E-state index in [9.17, 15) is 0 Å². The molecule has 1 aliphatic rings. The van der Waals surface area contributed by atoms with Gasteiger partial charge in [-0.15, -0.1) is 0 Å². The smallest absolute Gasteiger partial charge is 0.0576 e. The minimum atomic E-state index is 0.994. The van der Waals surface area contributed by atoms with Gasteiger partial charge < -0.3 is 4.57 Å². The lowest BCUT2D eigenvalue weighted by Gasteiger charge is -2.09. The number of aromatic nitrogens is 1. The molecule has 0 fully saturated rings. The fourth-order valence-electron chi connectivity index (χ4n) is 4.59. The van der Waals surface area contributed by atoms with Crippen LogP contribution in [-0.4, -0.2) is 4.57 Å². The zero-order chi connectivity index (χ0) is 18.5. The Morgan fingerprint density at radius 1 is 0.571 bits per heavy atom. The number of nitrogens with zero attached hydrogens (tertiary/aromatic N) is 1. The number of rotatable bonds is 2. The average Bonchev–Trinajstić information content (AvgIpc) is 3.34. The summed E-state index contributed by atoms with van der Waals surface area (Å²) in [5, 5.41) is 1.32. The van der Waals surface area contributed by atoms with E-state index in [0.717, 1.165) is 6.42 Å². The first kappa shape index (κ1) is 15.5.